The van der Waals surface area contributed by atoms with E-state index in [-0.39, 0.29) is 5.69 Å². The fraction of sp³-hybridized carbons (Fsp3) is 0.227. The Balaban J connectivity index is 1.59. The van der Waals surface area contributed by atoms with Crippen molar-refractivity contribution in [2.75, 3.05) is 10.6 Å². The topological polar surface area (TPSA) is 91.3 Å². The van der Waals surface area contributed by atoms with E-state index in [9.17, 15) is 23.5 Å². The molecule has 0 aliphatic rings. The zero-order valence-corrected chi connectivity index (χ0v) is 17.7. The molecular weight excluding hydrogens is 424 g/mol. The number of amides is 2. The number of nitrogens with zero attached hydrogens (tertiary/aromatic N) is 1. The maximum absolute atomic E-state index is 13.6. The Bertz CT molecular complexity index is 1100. The molecule has 0 spiro atoms. The molecule has 0 atom stereocenters. The van der Waals surface area contributed by atoms with Crippen molar-refractivity contribution in [3.8, 4) is 10.4 Å². The molecule has 1 heterocycles. The number of carboxylic acid groups (broad SMARTS) is 1. The predicted molar refractivity (Wildman–Crippen MR) is 116 cm³/mol. The number of carbonyl (C=O) groups is 2. The number of benzene rings is 2. The fourth-order valence-corrected chi connectivity index (χ4v) is 3.60. The third kappa shape index (κ3) is 5.85. The van der Waals surface area contributed by atoms with Crippen molar-refractivity contribution in [3.05, 3.63) is 65.3 Å². The molecule has 31 heavy (non-hydrogen) atoms. The third-order valence-electron chi connectivity index (χ3n) is 4.70. The first-order valence-corrected chi connectivity index (χ1v) is 10.3. The number of nitrogens with one attached hydrogen (secondary N) is 2. The summed E-state index contributed by atoms with van der Waals surface area (Å²) in [6, 6.07) is 9.26. The highest BCUT2D eigenvalue weighted by Gasteiger charge is 2.27. The van der Waals surface area contributed by atoms with Crippen molar-refractivity contribution in [2.45, 2.75) is 26.7 Å². The van der Waals surface area contributed by atoms with Gasteiger partial charge in [0.25, 0.3) is 0 Å². The van der Waals surface area contributed by atoms with E-state index in [1.165, 1.54) is 11.3 Å². The van der Waals surface area contributed by atoms with Gasteiger partial charge in [-0.05, 0) is 50.1 Å². The van der Waals surface area contributed by atoms with Crippen molar-refractivity contribution in [3.63, 3.8) is 0 Å². The number of urea groups is 1. The van der Waals surface area contributed by atoms with Crippen LogP contribution in [-0.4, -0.2) is 22.1 Å². The van der Waals surface area contributed by atoms with Crippen LogP contribution in [0, 0.1) is 17.0 Å². The first kappa shape index (κ1) is 22.4. The van der Waals surface area contributed by atoms with Crippen LogP contribution in [0.25, 0.3) is 10.4 Å². The van der Waals surface area contributed by atoms with Gasteiger partial charge in [-0.25, -0.2) is 18.6 Å². The van der Waals surface area contributed by atoms with Crippen LogP contribution >= 0.6 is 11.3 Å². The maximum atomic E-state index is 13.6. The Morgan fingerprint density at radius 1 is 1.10 bits per heavy atom. The fourth-order valence-electron chi connectivity index (χ4n) is 2.68. The standard InChI is InChI=1S/C22H21F2N3O3S/c1-22(2,20(28)29)10-9-19-25-12-18(31-19)13-3-6-15(7-4-13)26-21(30)27-17-8-5-14(23)11-16(17)24/h3-8,11-12H,9-10H2,1-2H3,(H,28,29)(H2,26,27,30). The molecule has 0 aliphatic carbocycles. The summed E-state index contributed by atoms with van der Waals surface area (Å²) in [5.41, 5.74) is 0.462. The summed E-state index contributed by atoms with van der Waals surface area (Å²) in [7, 11) is 0. The quantitative estimate of drug-likeness (QED) is 0.430. The molecule has 2 aromatic carbocycles. The van der Waals surface area contributed by atoms with Gasteiger partial charge in [-0.2, -0.15) is 0 Å². The molecule has 0 radical (unpaired) electrons. The Kier molecular flexibility index (Phi) is 6.65. The van der Waals surface area contributed by atoms with Crippen molar-refractivity contribution >= 4 is 34.7 Å². The number of halogens is 2. The van der Waals surface area contributed by atoms with E-state index in [1.54, 1.807) is 32.2 Å². The van der Waals surface area contributed by atoms with Crippen molar-refractivity contribution in [2.24, 2.45) is 5.41 Å². The van der Waals surface area contributed by atoms with Gasteiger partial charge in [-0.15, -0.1) is 11.3 Å². The summed E-state index contributed by atoms with van der Waals surface area (Å²) in [5, 5.41) is 15.0. The van der Waals surface area contributed by atoms with Gasteiger partial charge < -0.3 is 15.7 Å². The summed E-state index contributed by atoms with van der Waals surface area (Å²) in [6.45, 7) is 3.38. The Hall–Kier alpha value is -3.33. The molecule has 0 fully saturated rings. The molecule has 2 amide bonds. The van der Waals surface area contributed by atoms with Crippen LogP contribution in [0.1, 0.15) is 25.3 Å². The Labute approximate surface area is 182 Å². The molecule has 0 bridgehead atoms. The van der Waals surface area contributed by atoms with Crippen molar-refractivity contribution in [1.82, 2.24) is 4.98 Å². The van der Waals surface area contributed by atoms with Crippen LogP contribution in [0.4, 0.5) is 25.0 Å². The van der Waals surface area contributed by atoms with Gasteiger partial charge in [0.2, 0.25) is 0 Å². The summed E-state index contributed by atoms with van der Waals surface area (Å²) >= 11 is 1.49. The van der Waals surface area contributed by atoms with Crippen molar-refractivity contribution < 1.29 is 23.5 Å². The minimum absolute atomic E-state index is 0.126. The average Bonchev–Trinajstić information content (AvgIpc) is 3.18. The maximum Gasteiger partial charge on any atom is 0.323 e. The number of aromatic nitrogens is 1. The van der Waals surface area contributed by atoms with E-state index in [1.807, 2.05) is 12.1 Å². The molecule has 6 nitrogen and oxygen atoms in total. The van der Waals surface area contributed by atoms with Crippen LogP contribution in [0.15, 0.2) is 48.7 Å². The smallest absolute Gasteiger partial charge is 0.323 e. The highest BCUT2D eigenvalue weighted by molar-refractivity contribution is 7.15. The molecule has 0 unspecified atom stereocenters. The van der Waals surface area contributed by atoms with E-state index < -0.39 is 29.0 Å². The Morgan fingerprint density at radius 2 is 1.81 bits per heavy atom. The summed E-state index contributed by atoms with van der Waals surface area (Å²) in [5.74, 6) is -2.42. The lowest BCUT2D eigenvalue weighted by atomic mass is 9.88. The molecule has 3 N–H and O–H groups in total. The normalized spacial score (nSPS) is 11.2. The SMILES string of the molecule is CC(C)(CCc1ncc(-c2ccc(NC(=O)Nc3ccc(F)cc3F)cc2)s1)C(=O)O. The van der Waals surface area contributed by atoms with Crippen LogP contribution in [0.5, 0.6) is 0 Å². The molecule has 3 aromatic rings. The average molecular weight is 445 g/mol. The number of aliphatic carboxylic acids is 1. The van der Waals surface area contributed by atoms with Gasteiger partial charge in [0.1, 0.15) is 11.6 Å². The van der Waals surface area contributed by atoms with E-state index >= 15 is 0 Å². The molecule has 0 aliphatic heterocycles. The van der Waals surface area contributed by atoms with Gasteiger partial charge in [0.05, 0.1) is 21.0 Å². The third-order valence-corrected chi connectivity index (χ3v) is 5.81. The lowest BCUT2D eigenvalue weighted by molar-refractivity contribution is -0.147. The minimum atomic E-state index is -0.863. The number of hydrogen-bond acceptors (Lipinski definition) is 4. The van der Waals surface area contributed by atoms with Gasteiger partial charge >= 0.3 is 12.0 Å². The zero-order chi connectivity index (χ0) is 22.6. The second-order valence-corrected chi connectivity index (χ2v) is 8.70. The van der Waals surface area contributed by atoms with E-state index in [2.05, 4.69) is 15.6 Å². The number of thiazole rings is 1. The summed E-state index contributed by atoms with van der Waals surface area (Å²) < 4.78 is 26.6. The van der Waals surface area contributed by atoms with Gasteiger partial charge in [0, 0.05) is 24.4 Å². The van der Waals surface area contributed by atoms with Crippen LogP contribution in [0.2, 0.25) is 0 Å². The largest absolute Gasteiger partial charge is 0.481 e. The zero-order valence-electron chi connectivity index (χ0n) is 16.9. The van der Waals surface area contributed by atoms with E-state index in [0.29, 0.717) is 24.6 Å². The molecular formula is C22H21F2N3O3S. The predicted octanol–water partition coefficient (Wildman–Crippen LogP) is 5.78. The first-order valence-electron chi connectivity index (χ1n) is 9.46. The lowest BCUT2D eigenvalue weighted by Crippen LogP contribution is -2.24. The number of rotatable bonds is 7. The second-order valence-electron chi connectivity index (χ2n) is 7.59. The lowest BCUT2D eigenvalue weighted by Gasteiger charge is -2.17. The minimum Gasteiger partial charge on any atom is -0.481 e. The molecule has 3 rings (SSSR count). The van der Waals surface area contributed by atoms with Crippen LogP contribution in [0.3, 0.4) is 0 Å². The molecule has 0 saturated carbocycles. The highest BCUT2D eigenvalue weighted by Crippen LogP contribution is 2.30. The Morgan fingerprint density at radius 3 is 2.45 bits per heavy atom. The number of carbonyl (C=O) groups excluding carboxylic acids is 1. The van der Waals surface area contributed by atoms with Gasteiger partial charge in [-0.3, -0.25) is 4.79 Å². The van der Waals surface area contributed by atoms with Gasteiger partial charge in [-0.1, -0.05) is 12.1 Å². The monoisotopic (exact) mass is 445 g/mol. The molecule has 0 saturated heterocycles. The van der Waals surface area contributed by atoms with E-state index in [4.69, 9.17) is 0 Å². The van der Waals surface area contributed by atoms with E-state index in [0.717, 1.165) is 27.6 Å². The number of aryl methyl sites for hydroxylation is 1. The highest BCUT2D eigenvalue weighted by atomic mass is 32.1. The van der Waals surface area contributed by atoms with Crippen LogP contribution < -0.4 is 10.6 Å². The molecule has 162 valence electrons. The molecule has 1 aromatic heterocycles. The van der Waals surface area contributed by atoms with Gasteiger partial charge in [0.15, 0.2) is 0 Å². The summed E-state index contributed by atoms with van der Waals surface area (Å²) in [4.78, 5) is 28.6. The number of anilines is 2. The molecule has 9 heteroatoms. The first-order chi connectivity index (χ1) is 14.6. The number of carboxylic acids is 1. The number of hydrogen-bond donors (Lipinski definition) is 3. The van der Waals surface area contributed by atoms with Crippen molar-refractivity contribution in [1.29, 1.82) is 0 Å². The second kappa shape index (κ2) is 9.22. The summed E-state index contributed by atoms with van der Waals surface area (Å²) in [6.07, 6.45) is 2.80. The van der Waals surface area contributed by atoms with Crippen LogP contribution in [-0.2, 0) is 11.2 Å².